The zero-order valence-electron chi connectivity index (χ0n) is 13.4. The largest absolute Gasteiger partial charge is 0.480 e. The van der Waals surface area contributed by atoms with Gasteiger partial charge < -0.3 is 25.1 Å². The second-order valence-corrected chi connectivity index (χ2v) is 5.79. The van der Waals surface area contributed by atoms with Gasteiger partial charge in [-0.15, -0.1) is 0 Å². The van der Waals surface area contributed by atoms with Gasteiger partial charge in [0.1, 0.15) is 6.04 Å². The molecule has 4 N–H and O–H groups in total. The first-order valence-electron chi connectivity index (χ1n) is 7.76. The van der Waals surface area contributed by atoms with Crippen LogP contribution in [0.15, 0.2) is 43.0 Å². The van der Waals surface area contributed by atoms with E-state index in [1.807, 2.05) is 21.3 Å². The highest BCUT2D eigenvalue weighted by Crippen LogP contribution is 2.21. The fourth-order valence-electron chi connectivity index (χ4n) is 2.85. The summed E-state index contributed by atoms with van der Waals surface area (Å²) in [7, 11) is 0. The summed E-state index contributed by atoms with van der Waals surface area (Å²) in [4.78, 5) is 26.4. The number of hydrogen-bond donors (Lipinski definition) is 3. The SMILES string of the molecule is NC(Cc1cncn1CCn1cc(C(=O)O)c2ccccc21)C(=O)O. The van der Waals surface area contributed by atoms with Crippen molar-refractivity contribution in [1.82, 2.24) is 14.1 Å². The zero-order valence-corrected chi connectivity index (χ0v) is 13.4. The average Bonchev–Trinajstić information content (AvgIpc) is 3.17. The number of aromatic nitrogens is 3. The lowest BCUT2D eigenvalue weighted by atomic mass is 10.2. The van der Waals surface area contributed by atoms with Crippen LogP contribution in [0.2, 0.25) is 0 Å². The molecular weight excluding hydrogens is 324 g/mol. The molecule has 0 saturated carbocycles. The van der Waals surface area contributed by atoms with E-state index in [4.69, 9.17) is 10.8 Å². The molecule has 0 aliphatic heterocycles. The summed E-state index contributed by atoms with van der Waals surface area (Å²) in [5.41, 5.74) is 7.41. The monoisotopic (exact) mass is 342 g/mol. The van der Waals surface area contributed by atoms with E-state index >= 15 is 0 Å². The third-order valence-electron chi connectivity index (χ3n) is 4.15. The molecule has 1 atom stereocenters. The molecule has 3 aromatic rings. The van der Waals surface area contributed by atoms with Gasteiger partial charge in [0.05, 0.1) is 11.9 Å². The van der Waals surface area contributed by atoms with E-state index in [1.165, 1.54) is 0 Å². The fraction of sp³-hybridized carbons (Fsp3) is 0.235. The van der Waals surface area contributed by atoms with Gasteiger partial charge in [0, 0.05) is 48.5 Å². The minimum absolute atomic E-state index is 0.183. The van der Waals surface area contributed by atoms with Gasteiger partial charge >= 0.3 is 11.9 Å². The molecule has 8 heteroatoms. The normalized spacial score (nSPS) is 12.4. The van der Waals surface area contributed by atoms with Gasteiger partial charge in [-0.25, -0.2) is 9.78 Å². The van der Waals surface area contributed by atoms with Crippen molar-refractivity contribution in [3.8, 4) is 0 Å². The van der Waals surface area contributed by atoms with Crippen molar-refractivity contribution in [2.45, 2.75) is 25.6 Å². The van der Waals surface area contributed by atoms with Crippen LogP contribution in [-0.4, -0.2) is 42.3 Å². The molecule has 0 amide bonds. The summed E-state index contributed by atoms with van der Waals surface area (Å²) in [5.74, 6) is -2.03. The molecule has 130 valence electrons. The van der Waals surface area contributed by atoms with Crippen LogP contribution in [0.5, 0.6) is 0 Å². The van der Waals surface area contributed by atoms with E-state index in [0.717, 1.165) is 11.2 Å². The highest BCUT2D eigenvalue weighted by atomic mass is 16.4. The van der Waals surface area contributed by atoms with E-state index in [2.05, 4.69) is 4.98 Å². The second-order valence-electron chi connectivity index (χ2n) is 5.79. The molecule has 0 fully saturated rings. The summed E-state index contributed by atoms with van der Waals surface area (Å²) in [6, 6.07) is 6.33. The van der Waals surface area contributed by atoms with Crippen molar-refractivity contribution >= 4 is 22.8 Å². The van der Waals surface area contributed by atoms with Gasteiger partial charge in [-0.1, -0.05) is 18.2 Å². The molecule has 0 aliphatic rings. The first-order chi connectivity index (χ1) is 12.0. The van der Waals surface area contributed by atoms with Gasteiger partial charge in [0.25, 0.3) is 0 Å². The van der Waals surface area contributed by atoms with Gasteiger partial charge in [0.2, 0.25) is 0 Å². The van der Waals surface area contributed by atoms with Gasteiger partial charge in [-0.2, -0.15) is 0 Å². The Hall–Kier alpha value is -3.13. The Balaban J connectivity index is 1.81. The third-order valence-corrected chi connectivity index (χ3v) is 4.15. The summed E-state index contributed by atoms with van der Waals surface area (Å²) >= 11 is 0. The highest BCUT2D eigenvalue weighted by molar-refractivity contribution is 6.03. The van der Waals surface area contributed by atoms with Crippen LogP contribution in [0, 0.1) is 0 Å². The van der Waals surface area contributed by atoms with Crippen LogP contribution in [0.3, 0.4) is 0 Å². The second kappa shape index (κ2) is 6.78. The maximum Gasteiger partial charge on any atom is 0.337 e. The highest BCUT2D eigenvalue weighted by Gasteiger charge is 2.16. The predicted molar refractivity (Wildman–Crippen MR) is 90.4 cm³/mol. The molecule has 8 nitrogen and oxygen atoms in total. The Labute approximate surface area is 143 Å². The Morgan fingerprint density at radius 2 is 1.88 bits per heavy atom. The number of nitrogens with zero attached hydrogens (tertiary/aromatic N) is 3. The lowest BCUT2D eigenvalue weighted by Gasteiger charge is -2.11. The standard InChI is InChI=1S/C17H18N4O4/c18-14(17(24)25)7-11-8-19-10-21(11)6-5-20-9-13(16(22)23)12-3-1-2-4-15(12)20/h1-4,8-10,14H,5-7,18H2,(H,22,23)(H,24,25). The Morgan fingerprint density at radius 1 is 1.16 bits per heavy atom. The van der Waals surface area contributed by atoms with Gasteiger partial charge in [-0.3, -0.25) is 4.79 Å². The van der Waals surface area contributed by atoms with Gasteiger partial charge in [0.15, 0.2) is 0 Å². The molecule has 0 spiro atoms. The smallest absolute Gasteiger partial charge is 0.337 e. The Morgan fingerprint density at radius 3 is 2.60 bits per heavy atom. The minimum Gasteiger partial charge on any atom is -0.480 e. The number of aliphatic carboxylic acids is 1. The van der Waals surface area contributed by atoms with E-state index in [9.17, 15) is 14.7 Å². The van der Waals surface area contributed by atoms with Crippen LogP contribution in [0.4, 0.5) is 0 Å². The van der Waals surface area contributed by atoms with Crippen molar-refractivity contribution in [2.75, 3.05) is 0 Å². The molecule has 1 unspecified atom stereocenters. The quantitative estimate of drug-likeness (QED) is 0.592. The number of carbonyl (C=O) groups is 2. The zero-order chi connectivity index (χ0) is 18.0. The van der Waals surface area contributed by atoms with E-state index in [0.29, 0.717) is 18.5 Å². The number of carboxylic acids is 2. The molecule has 2 heterocycles. The van der Waals surface area contributed by atoms with E-state index in [-0.39, 0.29) is 12.0 Å². The lowest BCUT2D eigenvalue weighted by Crippen LogP contribution is -2.33. The molecule has 0 radical (unpaired) electrons. The topological polar surface area (TPSA) is 123 Å². The maximum absolute atomic E-state index is 11.4. The molecule has 1 aromatic carbocycles. The molecule has 0 bridgehead atoms. The van der Waals surface area contributed by atoms with Gasteiger partial charge in [-0.05, 0) is 6.07 Å². The first-order valence-corrected chi connectivity index (χ1v) is 7.76. The average molecular weight is 342 g/mol. The Bertz CT molecular complexity index is 928. The third kappa shape index (κ3) is 3.38. The van der Waals surface area contributed by atoms with Crippen molar-refractivity contribution in [1.29, 1.82) is 0 Å². The molecular formula is C17H18N4O4. The Kier molecular flexibility index (Phi) is 4.53. The van der Waals surface area contributed by atoms with Crippen molar-refractivity contribution in [2.24, 2.45) is 5.73 Å². The molecule has 0 aliphatic carbocycles. The first kappa shape index (κ1) is 16.7. The molecule has 2 aromatic heterocycles. The molecule has 0 saturated heterocycles. The number of para-hydroxylation sites is 1. The predicted octanol–water partition coefficient (Wildman–Crippen LogP) is 1.19. The van der Waals surface area contributed by atoms with E-state index < -0.39 is 18.0 Å². The number of benzene rings is 1. The minimum atomic E-state index is -1.06. The van der Waals surface area contributed by atoms with Crippen LogP contribution >= 0.6 is 0 Å². The van der Waals surface area contributed by atoms with Crippen LogP contribution in [-0.2, 0) is 24.3 Å². The lowest BCUT2D eigenvalue weighted by molar-refractivity contribution is -0.138. The number of aromatic carboxylic acids is 1. The number of rotatable bonds is 7. The number of aryl methyl sites for hydroxylation is 2. The number of carboxylic acid groups (broad SMARTS) is 2. The maximum atomic E-state index is 11.4. The van der Waals surface area contributed by atoms with Crippen molar-refractivity contribution in [3.05, 3.63) is 54.2 Å². The van der Waals surface area contributed by atoms with Crippen molar-refractivity contribution in [3.63, 3.8) is 0 Å². The summed E-state index contributed by atoms with van der Waals surface area (Å²) in [6.07, 6.45) is 5.02. The summed E-state index contributed by atoms with van der Waals surface area (Å²) in [6.45, 7) is 1.05. The van der Waals surface area contributed by atoms with Crippen LogP contribution < -0.4 is 5.73 Å². The van der Waals surface area contributed by atoms with Crippen LogP contribution in [0.25, 0.3) is 10.9 Å². The molecule has 25 heavy (non-hydrogen) atoms. The van der Waals surface area contributed by atoms with Crippen molar-refractivity contribution < 1.29 is 19.8 Å². The summed E-state index contributed by atoms with van der Waals surface area (Å²) < 4.78 is 3.71. The number of fused-ring (bicyclic) bond motifs is 1. The summed E-state index contributed by atoms with van der Waals surface area (Å²) in [5, 5.41) is 19.0. The van der Waals surface area contributed by atoms with Crippen LogP contribution in [0.1, 0.15) is 16.1 Å². The number of nitrogens with two attached hydrogens (primary N) is 1. The number of imidazole rings is 1. The number of hydrogen-bond acceptors (Lipinski definition) is 4. The fourth-order valence-corrected chi connectivity index (χ4v) is 2.85. The molecule has 3 rings (SSSR count). The van der Waals surface area contributed by atoms with E-state index in [1.54, 1.807) is 30.9 Å².